The zero-order valence-corrected chi connectivity index (χ0v) is 18.1. The Labute approximate surface area is 159 Å². The zero-order chi connectivity index (χ0) is 18.5. The lowest BCUT2D eigenvalue weighted by Crippen LogP contribution is -2.66. The normalized spacial score (nSPS) is 16.6. The molecule has 0 amide bonds. The van der Waals surface area contributed by atoms with Crippen LogP contribution in [0.2, 0.25) is 12.1 Å². The van der Waals surface area contributed by atoms with Crippen LogP contribution < -0.4 is 10.4 Å². The highest BCUT2D eigenvalue weighted by molar-refractivity contribution is 7.00. The molecule has 0 aliphatic heterocycles. The first-order chi connectivity index (χ1) is 12.6. The Bertz CT molecular complexity index is 629. The smallest absolute Gasteiger partial charge is 0.407 e. The summed E-state index contributed by atoms with van der Waals surface area (Å²) in [4.78, 5) is 0. The van der Waals surface area contributed by atoms with Gasteiger partial charge in [0.2, 0.25) is 8.32 Å². The summed E-state index contributed by atoms with van der Waals surface area (Å²) in [5.41, 5.74) is 0.394. The molecule has 26 heavy (non-hydrogen) atoms. The molecule has 2 aromatic carbocycles. The van der Waals surface area contributed by atoms with Gasteiger partial charge in [-0.25, -0.2) is 0 Å². The second-order valence-electron chi connectivity index (χ2n) is 7.21. The fourth-order valence-corrected chi connectivity index (χ4v) is 12.6. The van der Waals surface area contributed by atoms with Gasteiger partial charge in [0, 0.05) is 19.8 Å². The van der Waals surface area contributed by atoms with Gasteiger partial charge in [-0.2, -0.15) is 0 Å². The number of hydrogen-bond acceptors (Lipinski definition) is 3. The van der Waals surface area contributed by atoms with Gasteiger partial charge in [-0.05, 0) is 29.8 Å². The molecule has 1 saturated carbocycles. The van der Waals surface area contributed by atoms with Crippen LogP contribution in [0.15, 0.2) is 60.7 Å². The molecular formula is C21H30O3Si2. The molecule has 140 valence electrons. The molecule has 0 heterocycles. The van der Waals surface area contributed by atoms with Crippen LogP contribution in [-0.2, 0) is 13.0 Å². The van der Waals surface area contributed by atoms with Crippen LogP contribution in [0.5, 0.6) is 0 Å². The molecule has 1 aliphatic carbocycles. The van der Waals surface area contributed by atoms with Crippen molar-refractivity contribution in [2.75, 3.05) is 14.2 Å². The Morgan fingerprint density at radius 3 is 1.62 bits per heavy atom. The zero-order valence-electron chi connectivity index (χ0n) is 16.1. The molecule has 0 atom stereocenters. The van der Waals surface area contributed by atoms with Crippen LogP contribution in [-0.4, -0.2) is 31.3 Å². The Balaban J connectivity index is 2.04. The van der Waals surface area contributed by atoms with Crippen LogP contribution in [0, 0.1) is 0 Å². The molecule has 0 aromatic heterocycles. The van der Waals surface area contributed by atoms with Gasteiger partial charge < -0.3 is 13.0 Å². The topological polar surface area (TPSA) is 27.7 Å². The van der Waals surface area contributed by atoms with Crippen LogP contribution in [0.1, 0.15) is 32.1 Å². The van der Waals surface area contributed by atoms with Crippen LogP contribution in [0.25, 0.3) is 0 Å². The molecule has 5 heteroatoms. The van der Waals surface area contributed by atoms with E-state index in [0.717, 1.165) is 12.8 Å². The highest BCUT2D eigenvalue weighted by atomic mass is 28.5. The van der Waals surface area contributed by atoms with Gasteiger partial charge in [-0.15, -0.1) is 0 Å². The van der Waals surface area contributed by atoms with E-state index in [4.69, 9.17) is 13.0 Å². The first-order valence-corrected chi connectivity index (χ1v) is 13.8. The maximum Gasteiger partial charge on any atom is 0.493 e. The maximum atomic E-state index is 7.07. The number of rotatable bonds is 7. The summed E-state index contributed by atoms with van der Waals surface area (Å²) in [5, 5.41) is 2.51. The molecule has 1 fully saturated rings. The first kappa shape index (κ1) is 19.5. The molecule has 0 radical (unpaired) electrons. The molecular weight excluding hydrogens is 356 g/mol. The Morgan fingerprint density at radius 1 is 0.731 bits per heavy atom. The molecule has 0 unspecified atom stereocenters. The third-order valence-corrected chi connectivity index (χ3v) is 14.0. The van der Waals surface area contributed by atoms with Crippen molar-refractivity contribution >= 4 is 27.5 Å². The van der Waals surface area contributed by atoms with Gasteiger partial charge in [-0.1, -0.05) is 79.9 Å². The van der Waals surface area contributed by atoms with Crippen molar-refractivity contribution in [2.24, 2.45) is 0 Å². The summed E-state index contributed by atoms with van der Waals surface area (Å²) >= 11 is 0. The third kappa shape index (κ3) is 3.87. The second kappa shape index (κ2) is 8.63. The van der Waals surface area contributed by atoms with Crippen LogP contribution in [0.3, 0.4) is 0 Å². The van der Waals surface area contributed by atoms with Crippen molar-refractivity contribution < 1.29 is 13.0 Å². The summed E-state index contributed by atoms with van der Waals surface area (Å²) in [5.74, 6) is 0. The van der Waals surface area contributed by atoms with Crippen molar-refractivity contribution in [1.82, 2.24) is 0 Å². The lowest BCUT2D eigenvalue weighted by Gasteiger charge is -2.42. The van der Waals surface area contributed by atoms with Crippen molar-refractivity contribution in [1.29, 1.82) is 0 Å². The van der Waals surface area contributed by atoms with E-state index in [0.29, 0.717) is 5.54 Å². The van der Waals surface area contributed by atoms with Gasteiger partial charge in [-0.3, -0.25) is 0 Å². The van der Waals surface area contributed by atoms with Crippen LogP contribution in [0.4, 0.5) is 0 Å². The number of benzene rings is 2. The largest absolute Gasteiger partial charge is 0.493 e. The lowest BCUT2D eigenvalue weighted by molar-refractivity contribution is 0.138. The van der Waals surface area contributed by atoms with E-state index in [9.17, 15) is 0 Å². The monoisotopic (exact) mass is 386 g/mol. The average Bonchev–Trinajstić information content (AvgIpc) is 2.74. The SMILES string of the molecule is CO[Si](OC)(O[Si](C)(c1ccccc1)c1ccccc1)C1CCCCC1. The molecule has 3 rings (SSSR count). The van der Waals surface area contributed by atoms with E-state index in [2.05, 4.69) is 67.2 Å². The van der Waals surface area contributed by atoms with Gasteiger partial charge in [0.1, 0.15) is 0 Å². The minimum atomic E-state index is -2.78. The van der Waals surface area contributed by atoms with Crippen LogP contribution >= 0.6 is 0 Å². The fraction of sp³-hybridized carbons (Fsp3) is 0.429. The van der Waals surface area contributed by atoms with E-state index in [1.807, 2.05) is 0 Å². The van der Waals surface area contributed by atoms with Crippen molar-refractivity contribution in [3.63, 3.8) is 0 Å². The summed E-state index contributed by atoms with van der Waals surface area (Å²) in [6, 6.07) is 21.2. The summed E-state index contributed by atoms with van der Waals surface area (Å²) in [7, 11) is -1.69. The molecule has 0 bridgehead atoms. The quantitative estimate of drug-likeness (QED) is 0.674. The average molecular weight is 387 g/mol. The molecule has 0 spiro atoms. The Kier molecular flexibility index (Phi) is 6.48. The third-order valence-electron chi connectivity index (χ3n) is 5.67. The van der Waals surface area contributed by atoms with Crippen molar-refractivity contribution in [2.45, 2.75) is 44.2 Å². The van der Waals surface area contributed by atoms with Gasteiger partial charge in [0.25, 0.3) is 0 Å². The van der Waals surface area contributed by atoms with Gasteiger partial charge in [0.15, 0.2) is 0 Å². The lowest BCUT2D eigenvalue weighted by atomic mass is 10.0. The van der Waals surface area contributed by atoms with E-state index >= 15 is 0 Å². The summed E-state index contributed by atoms with van der Waals surface area (Å²) in [6.07, 6.45) is 6.07. The maximum absolute atomic E-state index is 7.07. The highest BCUT2D eigenvalue weighted by Crippen LogP contribution is 2.39. The standard InChI is InChI=1S/C21H30O3Si2/c1-22-26(23-2,21-17-11-6-12-18-21)24-25(3,19-13-7-4-8-14-19)20-15-9-5-10-16-20/h4-5,7-10,13-16,21H,6,11-12,17-18H2,1-3H3. The van der Waals surface area contributed by atoms with E-state index in [-0.39, 0.29) is 0 Å². The van der Waals surface area contributed by atoms with Crippen molar-refractivity contribution in [3.05, 3.63) is 60.7 Å². The van der Waals surface area contributed by atoms with E-state index in [1.54, 1.807) is 14.2 Å². The predicted molar refractivity (Wildman–Crippen MR) is 111 cm³/mol. The molecule has 3 nitrogen and oxygen atoms in total. The van der Waals surface area contributed by atoms with E-state index < -0.39 is 17.1 Å². The highest BCUT2D eigenvalue weighted by Gasteiger charge is 2.53. The molecule has 0 N–H and O–H groups in total. The van der Waals surface area contributed by atoms with Crippen molar-refractivity contribution in [3.8, 4) is 0 Å². The second-order valence-corrected chi connectivity index (χ2v) is 14.1. The summed E-state index contributed by atoms with van der Waals surface area (Å²) in [6.45, 7) is 2.28. The first-order valence-electron chi connectivity index (χ1n) is 9.56. The Hall–Kier alpha value is -1.25. The van der Waals surface area contributed by atoms with Gasteiger partial charge in [0.05, 0.1) is 0 Å². The fourth-order valence-electron chi connectivity index (χ4n) is 4.12. The molecule has 1 aliphatic rings. The van der Waals surface area contributed by atoms with Gasteiger partial charge >= 0.3 is 8.80 Å². The minimum absolute atomic E-state index is 0.394. The summed E-state index contributed by atoms with van der Waals surface area (Å²) < 4.78 is 19.3. The molecule has 2 aromatic rings. The predicted octanol–water partition coefficient (Wildman–Crippen LogP) is 3.96. The number of hydrogen-bond donors (Lipinski definition) is 0. The molecule has 0 saturated heterocycles. The Morgan fingerprint density at radius 2 is 1.19 bits per heavy atom. The minimum Gasteiger partial charge on any atom is -0.407 e. The van der Waals surface area contributed by atoms with E-state index in [1.165, 1.54) is 29.6 Å².